The maximum absolute atomic E-state index is 11.2. The quantitative estimate of drug-likeness (QED) is 0.934. The predicted molar refractivity (Wildman–Crippen MR) is 71.5 cm³/mol. The number of carboxylic acid groups (broad SMARTS) is 1. The van der Waals surface area contributed by atoms with Crippen molar-refractivity contribution in [1.29, 1.82) is 0 Å². The predicted octanol–water partition coefficient (Wildman–Crippen LogP) is 2.57. The first kappa shape index (κ1) is 13.5. The number of hydrogen-bond acceptors (Lipinski definition) is 3. The van der Waals surface area contributed by atoms with Crippen molar-refractivity contribution >= 4 is 17.6 Å². The Morgan fingerprint density at radius 1 is 1.47 bits per heavy atom. The fourth-order valence-electron chi connectivity index (χ4n) is 1.73. The van der Waals surface area contributed by atoms with Crippen LogP contribution in [0.5, 0.6) is 0 Å². The van der Waals surface area contributed by atoms with Crippen molar-refractivity contribution in [1.82, 2.24) is 15.0 Å². The first-order valence-electron chi connectivity index (χ1n) is 5.79. The molecule has 0 unspecified atom stereocenters. The summed E-state index contributed by atoms with van der Waals surface area (Å²) in [5, 5.41) is 17.6. The van der Waals surface area contributed by atoms with Crippen LogP contribution in [0, 0.1) is 5.41 Å². The smallest absolute Gasteiger partial charge is 0.309 e. The van der Waals surface area contributed by atoms with Crippen LogP contribution in [0.15, 0.2) is 30.5 Å². The number of rotatable bonds is 4. The third kappa shape index (κ3) is 2.93. The van der Waals surface area contributed by atoms with Gasteiger partial charge in [0.25, 0.3) is 0 Å². The molecule has 2 rings (SSSR count). The van der Waals surface area contributed by atoms with Gasteiger partial charge in [0.1, 0.15) is 0 Å². The van der Waals surface area contributed by atoms with Crippen LogP contribution in [0.4, 0.5) is 0 Å². The molecule has 100 valence electrons. The van der Waals surface area contributed by atoms with E-state index in [1.54, 1.807) is 36.9 Å². The summed E-state index contributed by atoms with van der Waals surface area (Å²) >= 11 is 5.94. The zero-order chi connectivity index (χ0) is 14.0. The minimum absolute atomic E-state index is 0.335. The fourth-order valence-corrected chi connectivity index (χ4v) is 1.92. The van der Waals surface area contributed by atoms with Crippen LogP contribution in [0.1, 0.15) is 19.5 Å². The molecule has 0 aliphatic rings. The molecule has 1 aromatic heterocycles. The Labute approximate surface area is 115 Å². The van der Waals surface area contributed by atoms with Gasteiger partial charge in [0.15, 0.2) is 0 Å². The van der Waals surface area contributed by atoms with E-state index in [0.717, 1.165) is 11.4 Å². The summed E-state index contributed by atoms with van der Waals surface area (Å²) in [7, 11) is 0. The Balaban J connectivity index is 2.36. The summed E-state index contributed by atoms with van der Waals surface area (Å²) in [6.07, 6.45) is 1.91. The van der Waals surface area contributed by atoms with E-state index in [-0.39, 0.29) is 0 Å². The van der Waals surface area contributed by atoms with E-state index in [2.05, 4.69) is 10.3 Å². The normalized spacial score (nSPS) is 11.5. The molecule has 19 heavy (non-hydrogen) atoms. The summed E-state index contributed by atoms with van der Waals surface area (Å²) < 4.78 is 1.61. The van der Waals surface area contributed by atoms with E-state index < -0.39 is 11.4 Å². The Bertz CT molecular complexity index is 607. The lowest BCUT2D eigenvalue weighted by molar-refractivity contribution is -0.146. The molecule has 0 radical (unpaired) electrons. The van der Waals surface area contributed by atoms with Crippen LogP contribution < -0.4 is 0 Å². The molecule has 5 nitrogen and oxygen atoms in total. The van der Waals surface area contributed by atoms with E-state index in [1.165, 1.54) is 0 Å². The molecule has 1 aromatic carbocycles. The molecule has 0 saturated carbocycles. The Hall–Kier alpha value is -1.88. The molecule has 0 atom stereocenters. The van der Waals surface area contributed by atoms with Crippen molar-refractivity contribution in [3.8, 4) is 5.69 Å². The van der Waals surface area contributed by atoms with E-state index >= 15 is 0 Å². The third-order valence-corrected chi connectivity index (χ3v) is 3.11. The lowest BCUT2D eigenvalue weighted by Crippen LogP contribution is -2.27. The van der Waals surface area contributed by atoms with Crippen molar-refractivity contribution < 1.29 is 9.90 Å². The second kappa shape index (κ2) is 5.01. The van der Waals surface area contributed by atoms with Crippen LogP contribution in [0.3, 0.4) is 0 Å². The number of hydrogen-bond donors (Lipinski definition) is 1. The lowest BCUT2D eigenvalue weighted by atomic mass is 9.88. The summed E-state index contributed by atoms with van der Waals surface area (Å²) in [6.45, 7) is 3.34. The molecule has 1 N–H and O–H groups in total. The highest BCUT2D eigenvalue weighted by atomic mass is 35.5. The van der Waals surface area contributed by atoms with E-state index in [0.29, 0.717) is 11.4 Å². The number of nitrogens with zero attached hydrogens (tertiary/aromatic N) is 3. The summed E-state index contributed by atoms with van der Waals surface area (Å²) in [5.74, 6) is -0.855. The highest BCUT2D eigenvalue weighted by molar-refractivity contribution is 6.30. The zero-order valence-corrected chi connectivity index (χ0v) is 11.4. The van der Waals surface area contributed by atoms with Gasteiger partial charge < -0.3 is 5.11 Å². The van der Waals surface area contributed by atoms with Gasteiger partial charge in [-0.2, -0.15) is 0 Å². The largest absolute Gasteiger partial charge is 0.481 e. The molecule has 0 spiro atoms. The minimum atomic E-state index is -0.877. The number of carbonyl (C=O) groups is 1. The highest BCUT2D eigenvalue weighted by Gasteiger charge is 2.29. The summed E-state index contributed by atoms with van der Waals surface area (Å²) in [4.78, 5) is 11.2. The standard InChI is InChI=1S/C13H14ClN3O2/c1-13(2,12(18)19)7-11-8-15-16-17(11)10-5-3-4-9(14)6-10/h3-6,8H,7H2,1-2H3,(H,18,19). The molecule has 0 bridgehead atoms. The molecule has 0 aliphatic carbocycles. The van der Waals surface area contributed by atoms with Crippen molar-refractivity contribution in [2.75, 3.05) is 0 Å². The fraction of sp³-hybridized carbons (Fsp3) is 0.308. The van der Waals surface area contributed by atoms with Crippen LogP contribution in [-0.2, 0) is 11.2 Å². The van der Waals surface area contributed by atoms with Crippen LogP contribution in [0.2, 0.25) is 5.02 Å². The highest BCUT2D eigenvalue weighted by Crippen LogP contribution is 2.23. The van der Waals surface area contributed by atoms with Crippen LogP contribution >= 0.6 is 11.6 Å². The van der Waals surface area contributed by atoms with Gasteiger partial charge in [0.2, 0.25) is 0 Å². The van der Waals surface area contributed by atoms with E-state index in [1.807, 2.05) is 12.1 Å². The van der Waals surface area contributed by atoms with Crippen LogP contribution in [0.25, 0.3) is 5.69 Å². The molecular formula is C13H14ClN3O2. The van der Waals surface area contributed by atoms with Crippen molar-refractivity contribution in [3.63, 3.8) is 0 Å². The van der Waals surface area contributed by atoms with Gasteiger partial charge in [-0.25, -0.2) is 4.68 Å². The van der Waals surface area contributed by atoms with Gasteiger partial charge in [-0.1, -0.05) is 22.9 Å². The molecule has 0 saturated heterocycles. The first-order chi connectivity index (χ1) is 8.90. The van der Waals surface area contributed by atoms with Gasteiger partial charge in [-0.3, -0.25) is 4.79 Å². The Morgan fingerprint density at radius 2 is 2.21 bits per heavy atom. The SMILES string of the molecule is CC(C)(Cc1cnnn1-c1cccc(Cl)c1)C(=O)O. The molecule has 0 amide bonds. The van der Waals surface area contributed by atoms with Crippen molar-refractivity contribution in [2.45, 2.75) is 20.3 Å². The summed E-state index contributed by atoms with van der Waals surface area (Å²) in [6, 6.07) is 7.18. The van der Waals surface area contributed by atoms with Crippen molar-refractivity contribution in [2.24, 2.45) is 5.41 Å². The van der Waals surface area contributed by atoms with Gasteiger partial charge in [-0.05, 0) is 32.0 Å². The molecular weight excluding hydrogens is 266 g/mol. The number of halogens is 1. The van der Waals surface area contributed by atoms with Gasteiger partial charge in [-0.15, -0.1) is 5.10 Å². The molecule has 0 fully saturated rings. The minimum Gasteiger partial charge on any atom is -0.481 e. The van der Waals surface area contributed by atoms with Crippen molar-refractivity contribution in [3.05, 3.63) is 41.2 Å². The summed E-state index contributed by atoms with van der Waals surface area (Å²) in [5.41, 5.74) is 0.619. The van der Waals surface area contributed by atoms with E-state index in [4.69, 9.17) is 11.6 Å². The Kier molecular flexibility index (Phi) is 3.57. The second-order valence-electron chi connectivity index (χ2n) is 4.98. The van der Waals surface area contributed by atoms with Gasteiger partial charge in [0.05, 0.1) is 23.0 Å². The first-order valence-corrected chi connectivity index (χ1v) is 6.17. The van der Waals surface area contributed by atoms with Gasteiger partial charge >= 0.3 is 5.97 Å². The Morgan fingerprint density at radius 3 is 2.84 bits per heavy atom. The molecule has 6 heteroatoms. The molecule has 1 heterocycles. The average molecular weight is 280 g/mol. The third-order valence-electron chi connectivity index (χ3n) is 2.87. The molecule has 0 aliphatic heterocycles. The monoisotopic (exact) mass is 279 g/mol. The number of carboxylic acids is 1. The number of benzene rings is 1. The second-order valence-corrected chi connectivity index (χ2v) is 5.42. The number of aromatic nitrogens is 3. The number of aliphatic carboxylic acids is 1. The average Bonchev–Trinajstić information content (AvgIpc) is 2.76. The van der Waals surface area contributed by atoms with Crippen LogP contribution in [-0.4, -0.2) is 26.1 Å². The topological polar surface area (TPSA) is 68.0 Å². The maximum Gasteiger partial charge on any atom is 0.309 e. The van der Waals surface area contributed by atoms with E-state index in [9.17, 15) is 9.90 Å². The molecule has 2 aromatic rings. The van der Waals surface area contributed by atoms with Gasteiger partial charge in [0, 0.05) is 11.4 Å². The lowest BCUT2D eigenvalue weighted by Gasteiger charge is -2.19. The zero-order valence-electron chi connectivity index (χ0n) is 10.7. The maximum atomic E-state index is 11.2.